The molecule has 3 amide bonds. The minimum Gasteiger partial charge on any atom is -0.467 e. The highest BCUT2D eigenvalue weighted by atomic mass is 35.5. The van der Waals surface area contributed by atoms with Crippen LogP contribution in [0.15, 0.2) is 42.5 Å². The van der Waals surface area contributed by atoms with Crippen molar-refractivity contribution in [3.05, 3.63) is 63.6 Å². The topological polar surface area (TPSA) is 114 Å². The first-order chi connectivity index (χ1) is 18.6. The fourth-order valence-electron chi connectivity index (χ4n) is 5.01. The van der Waals surface area contributed by atoms with Gasteiger partial charge in [-0.1, -0.05) is 60.7 Å². The van der Waals surface area contributed by atoms with Gasteiger partial charge in [0.2, 0.25) is 11.8 Å². The molecule has 1 aliphatic rings. The van der Waals surface area contributed by atoms with Crippen molar-refractivity contribution in [2.75, 3.05) is 19.0 Å². The minimum absolute atomic E-state index is 0.0651. The Hall–Kier alpha value is -3.10. The minimum atomic E-state index is -0.846. The van der Waals surface area contributed by atoms with Gasteiger partial charge in [0.25, 0.3) is 5.91 Å². The molecule has 210 valence electrons. The van der Waals surface area contributed by atoms with Crippen molar-refractivity contribution < 1.29 is 23.9 Å². The number of carbonyl (C=O) groups excluding carboxylic acids is 4. The second-order valence-corrected chi connectivity index (χ2v) is 10.7. The standard InChI is InChI=1S/C29H35Cl2N3O5/c1-19(35)32-17-6-5-16-29(14-3-4-15-29)28(38)34-24(27(37)39-2)18-20-10-12-21(13-11-20)33-26(36)25-22(30)8-7-9-23(25)31/h7-13,24H,3-6,14-18H2,1-2H3,(H,32,35)(H,33,36)(H,34,38). The van der Waals surface area contributed by atoms with Crippen LogP contribution in [-0.4, -0.2) is 43.4 Å². The number of ether oxygens (including phenoxy) is 1. The number of esters is 1. The second kappa shape index (κ2) is 14.3. The van der Waals surface area contributed by atoms with E-state index in [1.165, 1.54) is 14.0 Å². The summed E-state index contributed by atoms with van der Waals surface area (Å²) in [5.74, 6) is -1.15. The number of anilines is 1. The number of hydrogen-bond acceptors (Lipinski definition) is 5. The molecule has 3 N–H and O–H groups in total. The molecule has 1 saturated carbocycles. The summed E-state index contributed by atoms with van der Waals surface area (Å²) >= 11 is 12.3. The van der Waals surface area contributed by atoms with Gasteiger partial charge in [-0.25, -0.2) is 4.79 Å². The average molecular weight is 577 g/mol. The smallest absolute Gasteiger partial charge is 0.328 e. The summed E-state index contributed by atoms with van der Waals surface area (Å²) in [4.78, 5) is 49.8. The van der Waals surface area contributed by atoms with E-state index in [4.69, 9.17) is 27.9 Å². The van der Waals surface area contributed by atoms with Crippen LogP contribution in [-0.2, 0) is 25.5 Å². The van der Waals surface area contributed by atoms with Crippen molar-refractivity contribution in [3.8, 4) is 0 Å². The maximum absolute atomic E-state index is 13.5. The molecule has 3 rings (SSSR count). The Morgan fingerprint density at radius 2 is 1.62 bits per heavy atom. The molecule has 0 heterocycles. The molecular formula is C29H35Cl2N3O5. The van der Waals surface area contributed by atoms with Crippen LogP contribution in [0, 0.1) is 5.41 Å². The molecule has 39 heavy (non-hydrogen) atoms. The molecule has 1 fully saturated rings. The Bertz CT molecular complexity index is 1160. The van der Waals surface area contributed by atoms with Crippen molar-refractivity contribution in [2.45, 2.75) is 64.3 Å². The van der Waals surface area contributed by atoms with Gasteiger partial charge in [-0.05, 0) is 55.5 Å². The van der Waals surface area contributed by atoms with Crippen LogP contribution in [0.4, 0.5) is 5.69 Å². The third-order valence-corrected chi connectivity index (χ3v) is 7.76. The van der Waals surface area contributed by atoms with Crippen molar-refractivity contribution in [1.29, 1.82) is 0 Å². The van der Waals surface area contributed by atoms with Crippen LogP contribution in [0.1, 0.15) is 67.8 Å². The predicted molar refractivity (Wildman–Crippen MR) is 152 cm³/mol. The van der Waals surface area contributed by atoms with Gasteiger partial charge < -0.3 is 20.7 Å². The lowest BCUT2D eigenvalue weighted by Crippen LogP contribution is -2.49. The van der Waals surface area contributed by atoms with E-state index < -0.39 is 23.3 Å². The number of rotatable bonds is 12. The van der Waals surface area contributed by atoms with Crippen LogP contribution in [0.5, 0.6) is 0 Å². The van der Waals surface area contributed by atoms with E-state index >= 15 is 0 Å². The maximum atomic E-state index is 13.5. The molecule has 0 aromatic heterocycles. The second-order valence-electron chi connectivity index (χ2n) is 9.93. The Morgan fingerprint density at radius 1 is 0.974 bits per heavy atom. The summed E-state index contributed by atoms with van der Waals surface area (Å²) in [7, 11) is 1.30. The first kappa shape index (κ1) is 30.4. The molecule has 2 aromatic rings. The lowest BCUT2D eigenvalue weighted by molar-refractivity contribution is -0.146. The van der Waals surface area contributed by atoms with Gasteiger partial charge in [0, 0.05) is 31.0 Å². The van der Waals surface area contributed by atoms with Crippen LogP contribution >= 0.6 is 23.2 Å². The zero-order valence-electron chi connectivity index (χ0n) is 22.3. The number of benzene rings is 2. The van der Waals surface area contributed by atoms with Gasteiger partial charge in [-0.15, -0.1) is 0 Å². The fourth-order valence-corrected chi connectivity index (χ4v) is 5.58. The van der Waals surface area contributed by atoms with E-state index in [-0.39, 0.29) is 33.8 Å². The lowest BCUT2D eigenvalue weighted by Gasteiger charge is -2.30. The molecule has 1 aliphatic carbocycles. The first-order valence-electron chi connectivity index (χ1n) is 13.1. The van der Waals surface area contributed by atoms with E-state index in [1.807, 2.05) is 0 Å². The molecule has 0 saturated heterocycles. The maximum Gasteiger partial charge on any atom is 0.328 e. The van der Waals surface area contributed by atoms with Crippen molar-refractivity contribution in [1.82, 2.24) is 10.6 Å². The molecule has 1 atom stereocenters. The quantitative estimate of drug-likeness (QED) is 0.234. The largest absolute Gasteiger partial charge is 0.467 e. The van der Waals surface area contributed by atoms with E-state index in [0.717, 1.165) is 44.1 Å². The number of unbranched alkanes of at least 4 members (excludes halogenated alkanes) is 1. The van der Waals surface area contributed by atoms with E-state index in [2.05, 4.69) is 16.0 Å². The number of amides is 3. The number of halogens is 2. The van der Waals surface area contributed by atoms with E-state index in [9.17, 15) is 19.2 Å². The summed E-state index contributed by atoms with van der Waals surface area (Å²) in [6, 6.07) is 11.0. The molecule has 8 nitrogen and oxygen atoms in total. The molecule has 1 unspecified atom stereocenters. The summed E-state index contributed by atoms with van der Waals surface area (Å²) in [5, 5.41) is 9.02. The molecule has 10 heteroatoms. The van der Waals surface area contributed by atoms with Gasteiger partial charge in [0.1, 0.15) is 6.04 Å². The molecule has 0 radical (unpaired) electrons. The predicted octanol–water partition coefficient (Wildman–Crippen LogP) is 5.31. The molecule has 0 bridgehead atoms. The third-order valence-electron chi connectivity index (χ3n) is 7.13. The van der Waals surface area contributed by atoms with Crippen molar-refractivity contribution in [3.63, 3.8) is 0 Å². The Kier molecular flexibility index (Phi) is 11.2. The van der Waals surface area contributed by atoms with Gasteiger partial charge in [-0.3, -0.25) is 14.4 Å². The van der Waals surface area contributed by atoms with Gasteiger partial charge >= 0.3 is 5.97 Å². The summed E-state index contributed by atoms with van der Waals surface area (Å²) in [6.07, 6.45) is 6.03. The third kappa shape index (κ3) is 8.44. The van der Waals surface area contributed by atoms with Crippen LogP contribution in [0.2, 0.25) is 10.0 Å². The highest BCUT2D eigenvalue weighted by Gasteiger charge is 2.41. The SMILES string of the molecule is COC(=O)C(Cc1ccc(NC(=O)c2c(Cl)cccc2Cl)cc1)NC(=O)C1(CCCCNC(C)=O)CCCC1. The summed E-state index contributed by atoms with van der Waals surface area (Å²) in [5.41, 5.74) is 0.989. The average Bonchev–Trinajstić information content (AvgIpc) is 3.38. The Morgan fingerprint density at radius 3 is 2.21 bits per heavy atom. The molecule has 2 aromatic carbocycles. The highest BCUT2D eigenvalue weighted by Crippen LogP contribution is 2.42. The molecule has 0 aliphatic heterocycles. The number of carbonyl (C=O) groups is 4. The van der Waals surface area contributed by atoms with Crippen LogP contribution < -0.4 is 16.0 Å². The van der Waals surface area contributed by atoms with E-state index in [1.54, 1.807) is 42.5 Å². The molecular weight excluding hydrogens is 541 g/mol. The Balaban J connectivity index is 1.64. The van der Waals surface area contributed by atoms with Crippen LogP contribution in [0.25, 0.3) is 0 Å². The number of methoxy groups -OCH3 is 1. The van der Waals surface area contributed by atoms with Gasteiger partial charge in [0.05, 0.1) is 22.7 Å². The summed E-state index contributed by atoms with van der Waals surface area (Å²) < 4.78 is 4.99. The van der Waals surface area contributed by atoms with Crippen LogP contribution in [0.3, 0.4) is 0 Å². The number of hydrogen-bond donors (Lipinski definition) is 3. The van der Waals surface area contributed by atoms with Gasteiger partial charge in [-0.2, -0.15) is 0 Å². The number of nitrogens with one attached hydrogen (secondary N) is 3. The highest BCUT2D eigenvalue weighted by molar-refractivity contribution is 6.40. The fraction of sp³-hybridized carbons (Fsp3) is 0.448. The molecule has 0 spiro atoms. The first-order valence-corrected chi connectivity index (χ1v) is 13.9. The van der Waals surface area contributed by atoms with Gasteiger partial charge in [0.15, 0.2) is 0 Å². The zero-order valence-corrected chi connectivity index (χ0v) is 23.8. The zero-order chi connectivity index (χ0) is 28.4. The van der Waals surface area contributed by atoms with E-state index in [0.29, 0.717) is 18.7 Å². The normalized spacial score (nSPS) is 14.8. The Labute approximate surface area is 239 Å². The van der Waals surface area contributed by atoms with Crippen molar-refractivity contribution >= 4 is 52.6 Å². The lowest BCUT2D eigenvalue weighted by atomic mass is 9.79. The monoisotopic (exact) mass is 575 g/mol. The summed E-state index contributed by atoms with van der Waals surface area (Å²) in [6.45, 7) is 2.07. The van der Waals surface area contributed by atoms with Crippen molar-refractivity contribution in [2.24, 2.45) is 5.41 Å².